The van der Waals surface area contributed by atoms with E-state index < -0.39 is 21.3 Å². The Morgan fingerprint density at radius 1 is 1.22 bits per heavy atom. The smallest absolute Gasteiger partial charge is 0.320 e. The maximum atomic E-state index is 12.7. The molecule has 0 unspecified atom stereocenters. The van der Waals surface area contributed by atoms with Crippen LogP contribution in [0.4, 0.5) is 0 Å². The Labute approximate surface area is 135 Å². The molecule has 0 bridgehead atoms. The third kappa shape index (κ3) is 3.56. The summed E-state index contributed by atoms with van der Waals surface area (Å²) in [6.07, 6.45) is 3.71. The Morgan fingerprint density at radius 3 is 2.39 bits per heavy atom. The summed E-state index contributed by atoms with van der Waals surface area (Å²) in [6, 6.07) is 0. The van der Waals surface area contributed by atoms with E-state index in [4.69, 9.17) is 0 Å². The van der Waals surface area contributed by atoms with Gasteiger partial charge in [0.05, 0.1) is 0 Å². The summed E-state index contributed by atoms with van der Waals surface area (Å²) in [7, 11) is 0.745. The summed E-state index contributed by atoms with van der Waals surface area (Å²) in [5.74, 6) is 0.497. The van der Waals surface area contributed by atoms with Crippen LogP contribution in [0.25, 0.3) is 0 Å². The molecular formula is C14H24N4O4S. The second-order valence-electron chi connectivity index (χ2n) is 5.99. The fourth-order valence-corrected chi connectivity index (χ4v) is 4.50. The second kappa shape index (κ2) is 6.98. The molecule has 23 heavy (non-hydrogen) atoms. The molecule has 0 radical (unpaired) electrons. The lowest BCUT2D eigenvalue weighted by atomic mass is 9.95. The van der Waals surface area contributed by atoms with Crippen LogP contribution >= 0.6 is 0 Å². The standard InChI is InChI=1S/C14H24N4O4S/c1-15-7-4-11-5-8-18(9-6-11)23(21,22)12-10-16(2)14(20)17(3)13(12)19/h10-11,15H,4-9H2,1-3H3. The van der Waals surface area contributed by atoms with Gasteiger partial charge in [-0.15, -0.1) is 0 Å². The van der Waals surface area contributed by atoms with E-state index in [9.17, 15) is 18.0 Å². The van der Waals surface area contributed by atoms with Gasteiger partial charge < -0.3 is 9.88 Å². The quantitative estimate of drug-likeness (QED) is 0.747. The molecule has 0 aliphatic carbocycles. The number of nitrogens with one attached hydrogen (secondary N) is 1. The summed E-state index contributed by atoms with van der Waals surface area (Å²) in [6.45, 7) is 1.73. The molecule has 1 aromatic heterocycles. The molecular weight excluding hydrogens is 320 g/mol. The number of hydrogen-bond acceptors (Lipinski definition) is 5. The molecule has 2 heterocycles. The van der Waals surface area contributed by atoms with Crippen molar-refractivity contribution in [1.82, 2.24) is 18.8 Å². The first-order valence-corrected chi connectivity index (χ1v) is 9.14. The lowest BCUT2D eigenvalue weighted by Crippen LogP contribution is -2.44. The van der Waals surface area contributed by atoms with Gasteiger partial charge in [0.15, 0.2) is 4.90 Å². The highest BCUT2D eigenvalue weighted by Crippen LogP contribution is 2.24. The van der Waals surface area contributed by atoms with E-state index in [0.29, 0.717) is 19.0 Å². The predicted octanol–water partition coefficient (Wildman–Crippen LogP) is -0.906. The SMILES string of the molecule is CNCCC1CCN(S(=O)(=O)c2cn(C)c(=O)n(C)c2=O)CC1. The minimum Gasteiger partial charge on any atom is -0.320 e. The molecule has 0 aromatic carbocycles. The average molecular weight is 344 g/mol. The Hall–Kier alpha value is -1.45. The number of piperidine rings is 1. The molecule has 0 spiro atoms. The van der Waals surface area contributed by atoms with E-state index in [1.807, 2.05) is 7.05 Å². The van der Waals surface area contributed by atoms with Crippen molar-refractivity contribution in [3.63, 3.8) is 0 Å². The van der Waals surface area contributed by atoms with Gasteiger partial charge >= 0.3 is 5.69 Å². The molecule has 1 fully saturated rings. The highest BCUT2D eigenvalue weighted by molar-refractivity contribution is 7.89. The third-order valence-electron chi connectivity index (χ3n) is 4.41. The first-order chi connectivity index (χ1) is 10.8. The molecule has 1 saturated heterocycles. The van der Waals surface area contributed by atoms with Crippen molar-refractivity contribution in [1.29, 1.82) is 0 Å². The third-order valence-corrected chi connectivity index (χ3v) is 6.29. The normalized spacial score (nSPS) is 17.5. The predicted molar refractivity (Wildman–Crippen MR) is 87.0 cm³/mol. The van der Waals surface area contributed by atoms with Crippen molar-refractivity contribution in [2.45, 2.75) is 24.2 Å². The molecule has 1 aromatic rings. The zero-order valence-electron chi connectivity index (χ0n) is 13.8. The second-order valence-corrected chi connectivity index (χ2v) is 7.90. The van der Waals surface area contributed by atoms with Crippen LogP contribution < -0.4 is 16.6 Å². The van der Waals surface area contributed by atoms with Crippen LogP contribution in [0.2, 0.25) is 0 Å². The molecule has 2 rings (SSSR count). The molecule has 0 amide bonds. The molecule has 0 saturated carbocycles. The Balaban J connectivity index is 2.24. The first-order valence-electron chi connectivity index (χ1n) is 7.70. The van der Waals surface area contributed by atoms with E-state index in [0.717, 1.165) is 41.1 Å². The van der Waals surface area contributed by atoms with Crippen molar-refractivity contribution in [2.75, 3.05) is 26.7 Å². The molecule has 1 aliphatic rings. The van der Waals surface area contributed by atoms with Crippen molar-refractivity contribution in [2.24, 2.45) is 20.0 Å². The van der Waals surface area contributed by atoms with E-state index in [-0.39, 0.29) is 4.90 Å². The molecule has 1 N–H and O–H groups in total. The van der Waals surface area contributed by atoms with Crippen LogP contribution in [0, 0.1) is 5.92 Å². The largest absolute Gasteiger partial charge is 0.330 e. The van der Waals surface area contributed by atoms with Crippen LogP contribution in [0.15, 0.2) is 20.7 Å². The maximum Gasteiger partial charge on any atom is 0.330 e. The van der Waals surface area contributed by atoms with Crippen molar-refractivity contribution < 1.29 is 8.42 Å². The van der Waals surface area contributed by atoms with Crippen LogP contribution in [0.5, 0.6) is 0 Å². The van der Waals surface area contributed by atoms with Gasteiger partial charge in [0.2, 0.25) is 10.0 Å². The number of rotatable bonds is 5. The highest BCUT2D eigenvalue weighted by Gasteiger charge is 2.32. The molecule has 8 nitrogen and oxygen atoms in total. The number of nitrogens with zero attached hydrogens (tertiary/aromatic N) is 3. The van der Waals surface area contributed by atoms with Gasteiger partial charge in [-0.2, -0.15) is 4.31 Å². The van der Waals surface area contributed by atoms with Gasteiger partial charge in [-0.25, -0.2) is 13.2 Å². The van der Waals surface area contributed by atoms with Gasteiger partial charge in [-0.05, 0) is 38.8 Å². The number of sulfonamides is 1. The summed E-state index contributed by atoms with van der Waals surface area (Å²) in [4.78, 5) is 23.5. The minimum absolute atomic E-state index is 0.337. The van der Waals surface area contributed by atoms with Gasteiger partial charge in [0, 0.05) is 33.4 Å². The molecule has 130 valence electrons. The topological polar surface area (TPSA) is 93.4 Å². The fourth-order valence-electron chi connectivity index (χ4n) is 2.88. The lowest BCUT2D eigenvalue weighted by Gasteiger charge is -2.31. The zero-order valence-corrected chi connectivity index (χ0v) is 14.6. The van der Waals surface area contributed by atoms with Crippen LogP contribution in [0.3, 0.4) is 0 Å². The van der Waals surface area contributed by atoms with Crippen molar-refractivity contribution in [3.8, 4) is 0 Å². The monoisotopic (exact) mass is 344 g/mol. The lowest BCUT2D eigenvalue weighted by molar-refractivity contribution is 0.262. The van der Waals surface area contributed by atoms with Crippen molar-refractivity contribution in [3.05, 3.63) is 27.0 Å². The highest BCUT2D eigenvalue weighted by atomic mass is 32.2. The minimum atomic E-state index is -3.87. The number of aryl methyl sites for hydroxylation is 1. The number of aromatic nitrogens is 2. The summed E-state index contributed by atoms with van der Waals surface area (Å²) in [5, 5.41) is 3.10. The zero-order chi connectivity index (χ0) is 17.2. The molecule has 1 aliphatic heterocycles. The van der Waals surface area contributed by atoms with Gasteiger partial charge in [-0.3, -0.25) is 9.36 Å². The summed E-state index contributed by atoms with van der Waals surface area (Å²) < 4.78 is 28.8. The average Bonchev–Trinajstić information content (AvgIpc) is 2.54. The van der Waals surface area contributed by atoms with E-state index in [1.165, 1.54) is 18.4 Å². The van der Waals surface area contributed by atoms with E-state index in [1.54, 1.807) is 0 Å². The Bertz CT molecular complexity index is 773. The summed E-state index contributed by atoms with van der Waals surface area (Å²) >= 11 is 0. The van der Waals surface area contributed by atoms with Crippen molar-refractivity contribution >= 4 is 10.0 Å². The van der Waals surface area contributed by atoms with Crippen LogP contribution in [-0.2, 0) is 24.1 Å². The number of hydrogen-bond donors (Lipinski definition) is 1. The fraction of sp³-hybridized carbons (Fsp3) is 0.714. The van der Waals surface area contributed by atoms with Gasteiger partial charge in [0.25, 0.3) is 5.56 Å². The van der Waals surface area contributed by atoms with Crippen LogP contribution in [0.1, 0.15) is 19.3 Å². The van der Waals surface area contributed by atoms with Gasteiger partial charge in [0.1, 0.15) is 0 Å². The molecule has 9 heteroatoms. The van der Waals surface area contributed by atoms with Gasteiger partial charge in [-0.1, -0.05) is 0 Å². The Morgan fingerprint density at radius 2 is 1.83 bits per heavy atom. The van der Waals surface area contributed by atoms with E-state index >= 15 is 0 Å². The first kappa shape index (κ1) is 17.9. The summed E-state index contributed by atoms with van der Waals surface area (Å²) in [5.41, 5.74) is -1.31. The van der Waals surface area contributed by atoms with Crippen LogP contribution in [-0.4, -0.2) is 48.5 Å². The van der Waals surface area contributed by atoms with E-state index in [2.05, 4.69) is 5.32 Å². The Kier molecular flexibility index (Phi) is 5.43. The maximum absolute atomic E-state index is 12.7. The molecule has 0 atom stereocenters.